The maximum atomic E-state index is 11.6. The van der Waals surface area contributed by atoms with Crippen molar-refractivity contribution >= 4 is 11.9 Å². The van der Waals surface area contributed by atoms with Crippen molar-refractivity contribution in [2.24, 2.45) is 5.92 Å². The van der Waals surface area contributed by atoms with E-state index in [-0.39, 0.29) is 0 Å². The van der Waals surface area contributed by atoms with E-state index in [1.54, 1.807) is 0 Å². The van der Waals surface area contributed by atoms with Crippen molar-refractivity contribution in [1.29, 1.82) is 0 Å². The van der Waals surface area contributed by atoms with E-state index in [0.29, 0.717) is 24.7 Å². The van der Waals surface area contributed by atoms with E-state index < -0.39 is 11.5 Å². The minimum absolute atomic E-state index is 0.425. The van der Waals surface area contributed by atoms with Crippen molar-refractivity contribution in [3.05, 3.63) is 17.5 Å². The van der Waals surface area contributed by atoms with Crippen molar-refractivity contribution < 1.29 is 9.90 Å². The first-order chi connectivity index (χ1) is 8.91. The summed E-state index contributed by atoms with van der Waals surface area (Å²) in [5.41, 5.74) is 0.784. The third-order valence-corrected chi connectivity index (χ3v) is 3.87. The zero-order valence-electron chi connectivity index (χ0n) is 11.7. The van der Waals surface area contributed by atoms with Gasteiger partial charge in [0, 0.05) is 11.4 Å². The van der Waals surface area contributed by atoms with Crippen molar-refractivity contribution in [2.75, 3.05) is 5.32 Å². The fourth-order valence-corrected chi connectivity index (χ4v) is 2.64. The third kappa shape index (κ3) is 3.03. The minimum Gasteiger partial charge on any atom is -0.480 e. The van der Waals surface area contributed by atoms with Gasteiger partial charge in [-0.05, 0) is 51.5 Å². The van der Waals surface area contributed by atoms with E-state index in [1.807, 2.05) is 19.9 Å². The molecule has 1 aliphatic carbocycles. The molecule has 1 fully saturated rings. The van der Waals surface area contributed by atoms with E-state index in [4.69, 9.17) is 0 Å². The van der Waals surface area contributed by atoms with Gasteiger partial charge in [-0.1, -0.05) is 6.92 Å². The summed E-state index contributed by atoms with van der Waals surface area (Å²) in [5, 5.41) is 12.6. The summed E-state index contributed by atoms with van der Waals surface area (Å²) in [4.78, 5) is 20.2. The highest BCUT2D eigenvalue weighted by Crippen LogP contribution is 2.34. The SMILES string of the molecule is Cc1cc(C)nc(NC2(C(=O)O)CCC(C)CC2)n1. The Morgan fingerprint density at radius 2 is 1.84 bits per heavy atom. The quantitative estimate of drug-likeness (QED) is 0.876. The first kappa shape index (κ1) is 13.8. The molecule has 0 saturated heterocycles. The van der Waals surface area contributed by atoms with Crippen LogP contribution in [0.25, 0.3) is 0 Å². The smallest absolute Gasteiger partial charge is 0.329 e. The van der Waals surface area contributed by atoms with E-state index in [1.165, 1.54) is 0 Å². The fraction of sp³-hybridized carbons (Fsp3) is 0.643. The highest BCUT2D eigenvalue weighted by atomic mass is 16.4. The fourth-order valence-electron chi connectivity index (χ4n) is 2.64. The number of carboxylic acids is 1. The molecule has 0 aromatic carbocycles. The van der Waals surface area contributed by atoms with Crippen molar-refractivity contribution in [3.8, 4) is 0 Å². The van der Waals surface area contributed by atoms with Crippen LogP contribution >= 0.6 is 0 Å². The number of aliphatic carboxylic acids is 1. The molecular formula is C14H21N3O2. The Balaban J connectivity index is 2.24. The monoisotopic (exact) mass is 263 g/mol. The molecule has 2 rings (SSSR count). The highest BCUT2D eigenvalue weighted by molar-refractivity contribution is 5.82. The van der Waals surface area contributed by atoms with Gasteiger partial charge in [0.25, 0.3) is 0 Å². The molecule has 0 atom stereocenters. The predicted octanol–water partition coefficient (Wildman–Crippen LogP) is 2.54. The second-order valence-corrected chi connectivity index (χ2v) is 5.67. The second kappa shape index (κ2) is 5.15. The van der Waals surface area contributed by atoms with E-state index >= 15 is 0 Å². The summed E-state index contributed by atoms with van der Waals surface area (Å²) in [7, 11) is 0. The van der Waals surface area contributed by atoms with Crippen LogP contribution in [0.4, 0.5) is 5.95 Å². The van der Waals surface area contributed by atoms with Crippen LogP contribution in [0.5, 0.6) is 0 Å². The Labute approximate surface area is 113 Å². The van der Waals surface area contributed by atoms with Gasteiger partial charge in [0.05, 0.1) is 0 Å². The van der Waals surface area contributed by atoms with E-state index in [2.05, 4.69) is 22.2 Å². The van der Waals surface area contributed by atoms with Crippen LogP contribution in [0.3, 0.4) is 0 Å². The number of carbonyl (C=O) groups is 1. The molecule has 104 valence electrons. The molecule has 0 bridgehead atoms. The Morgan fingerprint density at radius 1 is 1.32 bits per heavy atom. The summed E-state index contributed by atoms with van der Waals surface area (Å²) >= 11 is 0. The third-order valence-electron chi connectivity index (χ3n) is 3.87. The molecule has 0 radical (unpaired) electrons. The molecule has 19 heavy (non-hydrogen) atoms. The van der Waals surface area contributed by atoms with Crippen LogP contribution in [0, 0.1) is 19.8 Å². The van der Waals surface area contributed by atoms with Crippen LogP contribution in [-0.2, 0) is 4.79 Å². The van der Waals surface area contributed by atoms with Gasteiger partial charge in [-0.15, -0.1) is 0 Å². The van der Waals surface area contributed by atoms with Crippen molar-refractivity contribution in [2.45, 2.75) is 52.0 Å². The van der Waals surface area contributed by atoms with Gasteiger partial charge in [0.2, 0.25) is 5.95 Å². The summed E-state index contributed by atoms with van der Waals surface area (Å²) in [6.07, 6.45) is 3.09. The van der Waals surface area contributed by atoms with E-state index in [0.717, 1.165) is 24.2 Å². The Bertz CT molecular complexity index is 459. The standard InChI is InChI=1S/C14H21N3O2/c1-9-4-6-14(7-5-9,12(18)19)17-13-15-10(2)8-11(3)16-13/h8-9H,4-7H2,1-3H3,(H,18,19)(H,15,16,17). The number of nitrogens with zero attached hydrogens (tertiary/aromatic N) is 2. The maximum absolute atomic E-state index is 11.6. The van der Waals surface area contributed by atoms with Gasteiger partial charge in [0.15, 0.2) is 0 Å². The van der Waals surface area contributed by atoms with Crippen molar-refractivity contribution in [3.63, 3.8) is 0 Å². The van der Waals surface area contributed by atoms with Gasteiger partial charge < -0.3 is 10.4 Å². The lowest BCUT2D eigenvalue weighted by Crippen LogP contribution is -2.49. The summed E-state index contributed by atoms with van der Waals surface area (Å²) in [6.45, 7) is 5.94. The van der Waals surface area contributed by atoms with Crippen molar-refractivity contribution in [1.82, 2.24) is 9.97 Å². The average molecular weight is 263 g/mol. The largest absolute Gasteiger partial charge is 0.480 e. The molecule has 0 spiro atoms. The first-order valence-corrected chi connectivity index (χ1v) is 6.75. The maximum Gasteiger partial charge on any atom is 0.329 e. The number of aromatic nitrogens is 2. The normalized spacial score (nSPS) is 27.0. The number of hydrogen-bond acceptors (Lipinski definition) is 4. The van der Waals surface area contributed by atoms with E-state index in [9.17, 15) is 9.90 Å². The molecule has 5 heteroatoms. The molecule has 1 aromatic heterocycles. The number of carboxylic acid groups (broad SMARTS) is 1. The van der Waals surface area contributed by atoms with Gasteiger partial charge in [-0.2, -0.15) is 0 Å². The lowest BCUT2D eigenvalue weighted by Gasteiger charge is -2.36. The summed E-state index contributed by atoms with van der Waals surface area (Å²) < 4.78 is 0. The van der Waals surface area contributed by atoms with Crippen LogP contribution < -0.4 is 5.32 Å². The topological polar surface area (TPSA) is 75.1 Å². The highest BCUT2D eigenvalue weighted by Gasteiger charge is 2.41. The van der Waals surface area contributed by atoms with Gasteiger partial charge in [0.1, 0.15) is 5.54 Å². The predicted molar refractivity (Wildman–Crippen MR) is 73.1 cm³/mol. The summed E-state index contributed by atoms with van der Waals surface area (Å²) in [6, 6.07) is 1.88. The lowest BCUT2D eigenvalue weighted by molar-refractivity contribution is -0.143. The number of rotatable bonds is 3. The lowest BCUT2D eigenvalue weighted by atomic mass is 9.77. The number of hydrogen-bond donors (Lipinski definition) is 2. The van der Waals surface area contributed by atoms with Crippen LogP contribution in [-0.4, -0.2) is 26.6 Å². The molecule has 1 saturated carbocycles. The Morgan fingerprint density at radius 3 is 2.32 bits per heavy atom. The number of aryl methyl sites for hydroxylation is 2. The molecule has 0 amide bonds. The zero-order chi connectivity index (χ0) is 14.0. The van der Waals surface area contributed by atoms with Crippen LogP contribution in [0.2, 0.25) is 0 Å². The molecule has 0 aliphatic heterocycles. The molecule has 0 unspecified atom stereocenters. The number of nitrogens with one attached hydrogen (secondary N) is 1. The van der Waals surface area contributed by atoms with Crippen LogP contribution in [0.15, 0.2) is 6.07 Å². The number of anilines is 1. The molecule has 2 N–H and O–H groups in total. The summed E-state index contributed by atoms with van der Waals surface area (Å²) in [5.74, 6) is 0.214. The second-order valence-electron chi connectivity index (χ2n) is 5.67. The first-order valence-electron chi connectivity index (χ1n) is 6.75. The zero-order valence-corrected chi connectivity index (χ0v) is 11.7. The molecule has 1 heterocycles. The molecule has 1 aliphatic rings. The Kier molecular flexibility index (Phi) is 3.73. The minimum atomic E-state index is -0.910. The van der Waals surface area contributed by atoms with Gasteiger partial charge in [-0.3, -0.25) is 0 Å². The average Bonchev–Trinajstić information content (AvgIpc) is 2.31. The Hall–Kier alpha value is -1.65. The van der Waals surface area contributed by atoms with Gasteiger partial charge >= 0.3 is 5.97 Å². The molecular weight excluding hydrogens is 242 g/mol. The molecule has 5 nitrogen and oxygen atoms in total. The van der Waals surface area contributed by atoms with Crippen LogP contribution in [0.1, 0.15) is 44.0 Å². The van der Waals surface area contributed by atoms with Gasteiger partial charge in [-0.25, -0.2) is 14.8 Å². The molecule has 1 aromatic rings.